The van der Waals surface area contributed by atoms with Crippen LogP contribution in [0.5, 0.6) is 5.75 Å². The molecule has 0 fully saturated rings. The number of hydrogen-bond donors (Lipinski definition) is 0. The molecule has 0 aliphatic heterocycles. The van der Waals surface area contributed by atoms with Gasteiger partial charge < -0.3 is 4.74 Å². The van der Waals surface area contributed by atoms with Crippen LogP contribution in [0.4, 0.5) is 5.69 Å². The molecule has 0 N–H and O–H groups in total. The third kappa shape index (κ3) is 2.28. The highest BCUT2D eigenvalue weighted by atomic mass is 79.9. The lowest BCUT2D eigenvalue weighted by Crippen LogP contribution is -2.08. The monoisotopic (exact) mass is 310 g/mol. The first-order chi connectivity index (χ1) is 8.50. The summed E-state index contributed by atoms with van der Waals surface area (Å²) in [5.74, 6) is 0.265. The Labute approximate surface area is 112 Å². The zero-order valence-electron chi connectivity index (χ0n) is 9.88. The van der Waals surface area contributed by atoms with E-state index in [0.29, 0.717) is 10.9 Å². The topological polar surface area (TPSA) is 65.3 Å². The largest absolute Gasteiger partial charge is 0.484 e. The first-order valence-corrected chi connectivity index (χ1v) is 6.18. The molecule has 2 rings (SSSR count). The summed E-state index contributed by atoms with van der Waals surface area (Å²) in [6.07, 6.45) is 1.08. The first-order valence-electron chi connectivity index (χ1n) is 5.39. The quantitative estimate of drug-likeness (QED) is 0.640. The molecule has 0 bridgehead atoms. The second-order valence-corrected chi connectivity index (χ2v) is 4.89. The van der Waals surface area contributed by atoms with Gasteiger partial charge in [-0.3, -0.25) is 10.1 Å². The number of halogens is 1. The number of hydrogen-bond acceptors (Lipinski definition) is 4. The van der Waals surface area contributed by atoms with E-state index in [1.807, 2.05) is 19.9 Å². The molecule has 6 heteroatoms. The highest BCUT2D eigenvalue weighted by molar-refractivity contribution is 9.10. The molecule has 0 unspecified atom stereocenters. The fraction of sp³-hybridized carbons (Fsp3) is 0.250. The molecule has 0 spiro atoms. The molecule has 0 saturated heterocycles. The van der Waals surface area contributed by atoms with Crippen molar-refractivity contribution in [3.05, 3.63) is 39.0 Å². The van der Waals surface area contributed by atoms with Crippen molar-refractivity contribution in [2.24, 2.45) is 0 Å². The lowest BCUT2D eigenvalue weighted by Gasteiger charge is -2.12. The molecule has 0 aliphatic rings. The van der Waals surface area contributed by atoms with Crippen molar-refractivity contribution in [1.29, 1.82) is 0 Å². The summed E-state index contributed by atoms with van der Waals surface area (Å²) in [6, 6.07) is 5.39. The van der Waals surface area contributed by atoms with E-state index in [2.05, 4.69) is 20.9 Å². The number of fused-ring (bicyclic) bond motifs is 1. The molecule has 1 heterocycles. The molecule has 0 radical (unpaired) electrons. The van der Waals surface area contributed by atoms with Gasteiger partial charge in [-0.2, -0.15) is 0 Å². The third-order valence-corrected chi connectivity index (χ3v) is 2.97. The predicted octanol–water partition coefficient (Wildman–Crippen LogP) is 3.69. The van der Waals surface area contributed by atoms with Gasteiger partial charge in [-0.25, -0.2) is 4.98 Å². The minimum absolute atomic E-state index is 0.116. The van der Waals surface area contributed by atoms with E-state index in [9.17, 15) is 10.1 Å². The fourth-order valence-electron chi connectivity index (χ4n) is 1.64. The zero-order chi connectivity index (χ0) is 13.3. The van der Waals surface area contributed by atoms with E-state index in [1.54, 1.807) is 12.1 Å². The van der Waals surface area contributed by atoms with Gasteiger partial charge in [0.1, 0.15) is 6.20 Å². The second kappa shape index (κ2) is 4.89. The Hall–Kier alpha value is -1.69. The number of para-hydroxylation sites is 1. The Morgan fingerprint density at radius 2 is 2.17 bits per heavy atom. The van der Waals surface area contributed by atoms with E-state index >= 15 is 0 Å². The zero-order valence-corrected chi connectivity index (χ0v) is 11.5. The van der Waals surface area contributed by atoms with Crippen LogP contribution in [-0.4, -0.2) is 16.0 Å². The average Bonchev–Trinajstić information content (AvgIpc) is 2.29. The van der Waals surface area contributed by atoms with Gasteiger partial charge in [-0.1, -0.05) is 6.07 Å². The standard InChI is InChI=1S/C12H11BrN2O3/c1-7(2)18-12-8-4-3-5-9(13)11(8)14-6-10(12)15(16)17/h3-7H,1-2H3. The number of benzene rings is 1. The van der Waals surface area contributed by atoms with Gasteiger partial charge >= 0.3 is 5.69 Å². The van der Waals surface area contributed by atoms with Gasteiger partial charge in [-0.15, -0.1) is 0 Å². The normalized spacial score (nSPS) is 10.9. The smallest absolute Gasteiger partial charge is 0.329 e. The van der Waals surface area contributed by atoms with Gasteiger partial charge in [0, 0.05) is 4.47 Å². The summed E-state index contributed by atoms with van der Waals surface area (Å²) in [6.45, 7) is 3.65. The van der Waals surface area contributed by atoms with E-state index < -0.39 is 4.92 Å². The Bertz CT molecular complexity index is 614. The molecular weight excluding hydrogens is 300 g/mol. The summed E-state index contributed by atoms with van der Waals surface area (Å²) in [7, 11) is 0. The predicted molar refractivity (Wildman–Crippen MR) is 71.9 cm³/mol. The maximum absolute atomic E-state index is 11.0. The van der Waals surface area contributed by atoms with Crippen molar-refractivity contribution in [2.45, 2.75) is 20.0 Å². The molecule has 0 saturated carbocycles. The molecule has 2 aromatic rings. The van der Waals surface area contributed by atoms with Crippen LogP contribution in [0.25, 0.3) is 10.9 Å². The van der Waals surface area contributed by atoms with Crippen molar-refractivity contribution in [3.63, 3.8) is 0 Å². The molecule has 94 valence electrons. The van der Waals surface area contributed by atoms with Crippen molar-refractivity contribution in [1.82, 2.24) is 4.98 Å². The van der Waals surface area contributed by atoms with Crippen LogP contribution in [0, 0.1) is 10.1 Å². The van der Waals surface area contributed by atoms with E-state index in [0.717, 1.165) is 4.47 Å². The van der Waals surface area contributed by atoms with E-state index in [-0.39, 0.29) is 17.5 Å². The van der Waals surface area contributed by atoms with Gasteiger partial charge in [0.25, 0.3) is 0 Å². The highest BCUT2D eigenvalue weighted by Crippen LogP contribution is 2.36. The molecule has 1 aromatic heterocycles. The number of aromatic nitrogens is 1. The Morgan fingerprint density at radius 1 is 1.44 bits per heavy atom. The van der Waals surface area contributed by atoms with E-state index in [4.69, 9.17) is 4.74 Å². The van der Waals surface area contributed by atoms with Crippen molar-refractivity contribution >= 4 is 32.5 Å². The summed E-state index contributed by atoms with van der Waals surface area (Å²) in [5.41, 5.74) is 0.535. The summed E-state index contributed by atoms with van der Waals surface area (Å²) in [4.78, 5) is 14.6. The third-order valence-electron chi connectivity index (χ3n) is 2.33. The van der Waals surface area contributed by atoms with Crippen molar-refractivity contribution < 1.29 is 9.66 Å². The van der Waals surface area contributed by atoms with Gasteiger partial charge in [0.2, 0.25) is 5.75 Å². The summed E-state index contributed by atoms with van der Waals surface area (Å²) in [5, 5.41) is 11.6. The molecular formula is C12H11BrN2O3. The number of rotatable bonds is 3. The SMILES string of the molecule is CC(C)Oc1c([N+](=O)[O-])cnc2c(Br)cccc12. The van der Waals surface area contributed by atoms with Crippen LogP contribution in [0.15, 0.2) is 28.9 Å². The first kappa shape index (κ1) is 12.8. The number of nitro groups is 1. The Balaban J connectivity index is 2.76. The maximum Gasteiger partial charge on any atom is 0.329 e. The summed E-state index contributed by atoms with van der Waals surface area (Å²) < 4.78 is 6.35. The minimum atomic E-state index is -0.481. The van der Waals surface area contributed by atoms with Crippen LogP contribution in [0.3, 0.4) is 0 Å². The lowest BCUT2D eigenvalue weighted by atomic mass is 10.2. The number of pyridine rings is 1. The maximum atomic E-state index is 11.0. The molecule has 5 nitrogen and oxygen atoms in total. The van der Waals surface area contributed by atoms with Crippen LogP contribution < -0.4 is 4.74 Å². The summed E-state index contributed by atoms with van der Waals surface area (Å²) >= 11 is 3.37. The van der Waals surface area contributed by atoms with Gasteiger partial charge in [-0.05, 0) is 41.9 Å². The van der Waals surface area contributed by atoms with Gasteiger partial charge in [0.15, 0.2) is 0 Å². The van der Waals surface area contributed by atoms with Crippen molar-refractivity contribution in [2.75, 3.05) is 0 Å². The number of ether oxygens (including phenoxy) is 1. The number of nitrogens with zero attached hydrogens (tertiary/aromatic N) is 2. The molecule has 0 aliphatic carbocycles. The second-order valence-electron chi connectivity index (χ2n) is 4.03. The van der Waals surface area contributed by atoms with Crippen LogP contribution in [-0.2, 0) is 0 Å². The van der Waals surface area contributed by atoms with Gasteiger partial charge in [0.05, 0.1) is 21.9 Å². The van der Waals surface area contributed by atoms with Crippen LogP contribution in [0.1, 0.15) is 13.8 Å². The van der Waals surface area contributed by atoms with Crippen LogP contribution in [0.2, 0.25) is 0 Å². The molecule has 0 atom stereocenters. The Kier molecular flexibility index (Phi) is 3.47. The lowest BCUT2D eigenvalue weighted by molar-refractivity contribution is -0.386. The van der Waals surface area contributed by atoms with E-state index in [1.165, 1.54) is 6.20 Å². The highest BCUT2D eigenvalue weighted by Gasteiger charge is 2.21. The van der Waals surface area contributed by atoms with Crippen LogP contribution >= 0.6 is 15.9 Å². The van der Waals surface area contributed by atoms with Crippen molar-refractivity contribution in [3.8, 4) is 5.75 Å². The molecule has 18 heavy (non-hydrogen) atoms. The fourth-order valence-corrected chi connectivity index (χ4v) is 2.11. The molecule has 0 amide bonds. The average molecular weight is 311 g/mol. The Morgan fingerprint density at radius 3 is 2.78 bits per heavy atom. The minimum Gasteiger partial charge on any atom is -0.484 e. The molecule has 1 aromatic carbocycles.